The van der Waals surface area contributed by atoms with Crippen LogP contribution in [0.2, 0.25) is 0 Å². The maximum atomic E-state index is 13.7. The van der Waals surface area contributed by atoms with Gasteiger partial charge in [-0.1, -0.05) is 36.4 Å². The molecule has 0 saturated heterocycles. The SMILES string of the molecule is COc1ccc([C@H]2CC(=O)C3=C(C2)Nc2ccccc2N[C@H]3c2ccccc2OC)cc1OC. The summed E-state index contributed by atoms with van der Waals surface area (Å²) in [6.07, 6.45) is 1.12. The Morgan fingerprint density at radius 2 is 1.47 bits per heavy atom. The van der Waals surface area contributed by atoms with Crippen molar-refractivity contribution in [1.29, 1.82) is 0 Å². The van der Waals surface area contributed by atoms with Crippen LogP contribution in [0.1, 0.15) is 35.9 Å². The lowest BCUT2D eigenvalue weighted by atomic mass is 9.78. The van der Waals surface area contributed by atoms with Gasteiger partial charge in [-0.2, -0.15) is 0 Å². The molecule has 1 aliphatic carbocycles. The summed E-state index contributed by atoms with van der Waals surface area (Å²) in [5.74, 6) is 2.24. The average Bonchev–Trinajstić information content (AvgIpc) is 3.05. The number of ketones is 1. The maximum absolute atomic E-state index is 13.7. The molecule has 2 N–H and O–H groups in total. The molecule has 0 fully saturated rings. The van der Waals surface area contributed by atoms with E-state index in [1.807, 2.05) is 66.7 Å². The topological polar surface area (TPSA) is 68.8 Å². The van der Waals surface area contributed by atoms with Gasteiger partial charge in [0.1, 0.15) is 5.75 Å². The standard InChI is InChI=1S/C28H28N2O4/c1-32-24-11-7-4-8-19(24)28-27-22(29-20-9-5-6-10-21(20)30-28)14-18(15-23(27)31)17-12-13-25(33-2)26(16-17)34-3/h4-13,16,18,28-30H,14-15H2,1-3H3/t18-,28+/m1/s1. The first-order valence-corrected chi connectivity index (χ1v) is 11.4. The molecule has 0 radical (unpaired) electrons. The fraction of sp³-hybridized carbons (Fsp3) is 0.250. The summed E-state index contributed by atoms with van der Waals surface area (Å²) < 4.78 is 16.6. The number of para-hydroxylation sites is 3. The Hall–Kier alpha value is -3.93. The van der Waals surface area contributed by atoms with Crippen LogP contribution in [0.25, 0.3) is 0 Å². The lowest BCUT2D eigenvalue weighted by molar-refractivity contribution is -0.116. The Balaban J connectivity index is 1.60. The number of allylic oxidation sites excluding steroid dienone is 1. The number of hydrogen-bond acceptors (Lipinski definition) is 6. The molecule has 2 atom stereocenters. The third-order valence-electron chi connectivity index (χ3n) is 6.64. The molecule has 6 heteroatoms. The van der Waals surface area contributed by atoms with Gasteiger partial charge in [0, 0.05) is 23.3 Å². The van der Waals surface area contributed by atoms with Crippen molar-refractivity contribution in [2.75, 3.05) is 32.0 Å². The van der Waals surface area contributed by atoms with Gasteiger partial charge in [0.25, 0.3) is 0 Å². The second kappa shape index (κ2) is 9.14. The molecular formula is C28H28N2O4. The van der Waals surface area contributed by atoms with Crippen molar-refractivity contribution in [3.05, 3.63) is 89.1 Å². The molecule has 1 aliphatic heterocycles. The quantitative estimate of drug-likeness (QED) is 0.514. The molecule has 5 rings (SSSR count). The minimum absolute atomic E-state index is 0.0298. The van der Waals surface area contributed by atoms with Gasteiger partial charge in [0.05, 0.1) is 38.7 Å². The molecule has 6 nitrogen and oxygen atoms in total. The second-order valence-electron chi connectivity index (χ2n) is 8.52. The predicted molar refractivity (Wildman–Crippen MR) is 133 cm³/mol. The summed E-state index contributed by atoms with van der Waals surface area (Å²) in [6, 6.07) is 21.5. The monoisotopic (exact) mass is 456 g/mol. The molecule has 0 amide bonds. The number of carbonyl (C=O) groups excluding carboxylic acids is 1. The lowest BCUT2D eigenvalue weighted by Gasteiger charge is -2.30. The normalized spacial score (nSPS) is 19.2. The van der Waals surface area contributed by atoms with Crippen LogP contribution in [0, 0.1) is 0 Å². The molecule has 1 heterocycles. The van der Waals surface area contributed by atoms with E-state index in [1.165, 1.54) is 0 Å². The number of fused-ring (bicyclic) bond motifs is 1. The fourth-order valence-corrected chi connectivity index (χ4v) is 4.97. The smallest absolute Gasteiger partial charge is 0.163 e. The average molecular weight is 457 g/mol. The predicted octanol–water partition coefficient (Wildman–Crippen LogP) is 5.69. The van der Waals surface area contributed by atoms with Crippen LogP contribution in [0.4, 0.5) is 11.4 Å². The Kier molecular flexibility index (Phi) is 5.88. The van der Waals surface area contributed by atoms with E-state index in [9.17, 15) is 4.79 Å². The van der Waals surface area contributed by atoms with Crippen molar-refractivity contribution in [2.24, 2.45) is 0 Å². The Labute approximate surface area is 199 Å². The van der Waals surface area contributed by atoms with Gasteiger partial charge in [0.15, 0.2) is 17.3 Å². The zero-order valence-corrected chi connectivity index (χ0v) is 19.6. The zero-order chi connectivity index (χ0) is 23.7. The number of nitrogens with one attached hydrogen (secondary N) is 2. The van der Waals surface area contributed by atoms with E-state index in [-0.39, 0.29) is 17.7 Å². The van der Waals surface area contributed by atoms with Crippen molar-refractivity contribution >= 4 is 17.2 Å². The van der Waals surface area contributed by atoms with E-state index in [2.05, 4.69) is 10.6 Å². The zero-order valence-electron chi connectivity index (χ0n) is 19.6. The number of Topliss-reactive ketones (excluding diaryl/α,β-unsaturated/α-hetero) is 1. The number of anilines is 2. The first-order chi connectivity index (χ1) is 16.6. The summed E-state index contributed by atoms with van der Waals surface area (Å²) in [4.78, 5) is 13.7. The van der Waals surface area contributed by atoms with E-state index in [0.29, 0.717) is 24.3 Å². The molecule has 2 aliphatic rings. The number of methoxy groups -OCH3 is 3. The molecule has 174 valence electrons. The van der Waals surface area contributed by atoms with Crippen LogP contribution >= 0.6 is 0 Å². The number of ether oxygens (including phenoxy) is 3. The van der Waals surface area contributed by atoms with Gasteiger partial charge in [-0.25, -0.2) is 0 Å². The molecule has 0 spiro atoms. The first-order valence-electron chi connectivity index (χ1n) is 11.4. The van der Waals surface area contributed by atoms with Crippen molar-refractivity contribution in [1.82, 2.24) is 0 Å². The van der Waals surface area contributed by atoms with Gasteiger partial charge < -0.3 is 24.8 Å². The minimum atomic E-state index is -0.318. The third-order valence-corrected chi connectivity index (χ3v) is 6.64. The molecular weight excluding hydrogens is 428 g/mol. The van der Waals surface area contributed by atoms with E-state index >= 15 is 0 Å². The number of rotatable bonds is 5. The molecule has 0 bridgehead atoms. The fourth-order valence-electron chi connectivity index (χ4n) is 4.97. The first kappa shape index (κ1) is 21.9. The Bertz CT molecular complexity index is 1270. The highest BCUT2D eigenvalue weighted by molar-refractivity contribution is 6.01. The Morgan fingerprint density at radius 1 is 0.765 bits per heavy atom. The summed E-state index contributed by atoms with van der Waals surface area (Å²) in [7, 11) is 4.91. The van der Waals surface area contributed by atoms with Crippen molar-refractivity contribution in [3.63, 3.8) is 0 Å². The number of hydrogen-bond donors (Lipinski definition) is 2. The molecule has 3 aromatic rings. The summed E-state index contributed by atoms with van der Waals surface area (Å²) in [6.45, 7) is 0. The molecule has 34 heavy (non-hydrogen) atoms. The summed E-state index contributed by atoms with van der Waals surface area (Å²) >= 11 is 0. The van der Waals surface area contributed by atoms with E-state index in [0.717, 1.165) is 39.5 Å². The highest BCUT2D eigenvalue weighted by Crippen LogP contribution is 2.46. The van der Waals surface area contributed by atoms with E-state index < -0.39 is 0 Å². The van der Waals surface area contributed by atoms with E-state index in [1.54, 1.807) is 21.3 Å². The maximum Gasteiger partial charge on any atom is 0.163 e. The van der Waals surface area contributed by atoms with Crippen molar-refractivity contribution in [3.8, 4) is 17.2 Å². The Morgan fingerprint density at radius 3 is 2.24 bits per heavy atom. The highest BCUT2D eigenvalue weighted by Gasteiger charge is 2.37. The minimum Gasteiger partial charge on any atom is -0.496 e. The van der Waals surface area contributed by atoms with Gasteiger partial charge in [-0.15, -0.1) is 0 Å². The van der Waals surface area contributed by atoms with Crippen molar-refractivity contribution in [2.45, 2.75) is 24.8 Å². The lowest BCUT2D eigenvalue weighted by Crippen LogP contribution is -2.27. The molecule has 0 aromatic heterocycles. The highest BCUT2D eigenvalue weighted by atomic mass is 16.5. The van der Waals surface area contributed by atoms with Gasteiger partial charge in [-0.05, 0) is 48.2 Å². The van der Waals surface area contributed by atoms with Gasteiger partial charge >= 0.3 is 0 Å². The van der Waals surface area contributed by atoms with E-state index in [4.69, 9.17) is 14.2 Å². The molecule has 0 saturated carbocycles. The van der Waals surface area contributed by atoms with Crippen molar-refractivity contribution < 1.29 is 19.0 Å². The second-order valence-corrected chi connectivity index (χ2v) is 8.52. The largest absolute Gasteiger partial charge is 0.496 e. The summed E-state index contributed by atoms with van der Waals surface area (Å²) in [5, 5.41) is 7.19. The molecule has 0 unspecified atom stereocenters. The van der Waals surface area contributed by atoms with Crippen LogP contribution in [-0.2, 0) is 4.79 Å². The number of benzene rings is 3. The van der Waals surface area contributed by atoms with Crippen LogP contribution in [0.3, 0.4) is 0 Å². The summed E-state index contributed by atoms with van der Waals surface area (Å²) in [5.41, 5.74) is 5.59. The number of carbonyl (C=O) groups is 1. The molecule has 3 aromatic carbocycles. The van der Waals surface area contributed by atoms with Crippen LogP contribution in [-0.4, -0.2) is 27.1 Å². The van der Waals surface area contributed by atoms with Crippen LogP contribution in [0.15, 0.2) is 78.0 Å². The van der Waals surface area contributed by atoms with Crippen LogP contribution < -0.4 is 24.8 Å². The van der Waals surface area contributed by atoms with Gasteiger partial charge in [0.2, 0.25) is 0 Å². The van der Waals surface area contributed by atoms with Crippen LogP contribution in [0.5, 0.6) is 17.2 Å². The third kappa shape index (κ3) is 3.85. The van der Waals surface area contributed by atoms with Gasteiger partial charge in [-0.3, -0.25) is 4.79 Å².